The molecule has 0 bridgehead atoms. The zero-order valence-corrected chi connectivity index (χ0v) is 9.47. The van der Waals surface area contributed by atoms with Crippen LogP contribution in [0.4, 0.5) is 0 Å². The minimum atomic E-state index is -0.522. The second kappa shape index (κ2) is 4.30. The Labute approximate surface area is 86.4 Å². The fourth-order valence-electron chi connectivity index (χ4n) is 1.38. The molecule has 1 saturated carbocycles. The molecule has 0 aliphatic heterocycles. The van der Waals surface area contributed by atoms with Crippen LogP contribution in [0.5, 0.6) is 0 Å². The number of nitrogens with one attached hydrogen (secondary N) is 1. The molecular weight excluding hydrogens is 176 g/mol. The second-order valence-corrected chi connectivity index (χ2v) is 5.00. The van der Waals surface area contributed by atoms with Gasteiger partial charge in [-0.15, -0.1) is 0 Å². The van der Waals surface area contributed by atoms with E-state index in [1.165, 1.54) is 0 Å². The van der Waals surface area contributed by atoms with E-state index < -0.39 is 5.54 Å². The van der Waals surface area contributed by atoms with Gasteiger partial charge in [0.25, 0.3) is 0 Å². The number of carbonyl (C=O) groups is 1. The summed E-state index contributed by atoms with van der Waals surface area (Å²) in [5, 5.41) is 2.97. The molecule has 1 atom stereocenters. The third-order valence-corrected chi connectivity index (χ3v) is 2.80. The number of hydrogen-bond donors (Lipinski definition) is 2. The Hall–Kier alpha value is -0.570. The van der Waals surface area contributed by atoms with Crippen LogP contribution in [0.15, 0.2) is 0 Å². The predicted octanol–water partition coefficient (Wildman–Crippen LogP) is 1.42. The fourth-order valence-corrected chi connectivity index (χ4v) is 1.38. The van der Waals surface area contributed by atoms with Gasteiger partial charge < -0.3 is 11.1 Å². The van der Waals surface area contributed by atoms with Crippen molar-refractivity contribution in [2.45, 2.75) is 58.0 Å². The van der Waals surface area contributed by atoms with Gasteiger partial charge in [-0.25, -0.2) is 0 Å². The lowest BCUT2D eigenvalue weighted by Crippen LogP contribution is -2.46. The largest absolute Gasteiger partial charge is 0.352 e. The molecule has 1 fully saturated rings. The molecule has 3 N–H and O–H groups in total. The fraction of sp³-hybridized carbons (Fsp3) is 0.909. The van der Waals surface area contributed by atoms with Crippen molar-refractivity contribution in [1.29, 1.82) is 0 Å². The second-order valence-electron chi connectivity index (χ2n) is 5.00. The van der Waals surface area contributed by atoms with Gasteiger partial charge in [0.1, 0.15) is 0 Å². The molecule has 0 aromatic rings. The molecule has 0 spiro atoms. The summed E-state index contributed by atoms with van der Waals surface area (Å²) in [4.78, 5) is 11.5. The molecular formula is C11H22N2O. The molecule has 0 aromatic carbocycles. The Bertz CT molecular complexity index is 209. The van der Waals surface area contributed by atoms with E-state index >= 15 is 0 Å². The summed E-state index contributed by atoms with van der Waals surface area (Å²) in [6.07, 6.45) is 3.88. The first-order chi connectivity index (χ1) is 6.44. The highest BCUT2D eigenvalue weighted by atomic mass is 16.2. The Balaban J connectivity index is 2.19. The van der Waals surface area contributed by atoms with E-state index in [0.717, 1.165) is 25.7 Å². The maximum absolute atomic E-state index is 11.5. The van der Waals surface area contributed by atoms with Crippen LogP contribution in [0.1, 0.15) is 46.5 Å². The van der Waals surface area contributed by atoms with E-state index in [1.54, 1.807) is 0 Å². The summed E-state index contributed by atoms with van der Waals surface area (Å²) in [6.45, 7) is 6.44. The Morgan fingerprint density at radius 3 is 2.36 bits per heavy atom. The lowest BCUT2D eigenvalue weighted by molar-refractivity contribution is -0.123. The van der Waals surface area contributed by atoms with E-state index in [2.05, 4.69) is 19.2 Å². The van der Waals surface area contributed by atoms with Gasteiger partial charge in [-0.2, -0.15) is 0 Å². The Morgan fingerprint density at radius 2 is 1.93 bits per heavy atom. The normalized spacial score (nSPS) is 20.6. The molecule has 3 nitrogen and oxygen atoms in total. The first-order valence-corrected chi connectivity index (χ1v) is 5.54. The highest BCUT2D eigenvalue weighted by Gasteiger charge is 2.46. The number of amides is 1. The first kappa shape index (κ1) is 11.5. The summed E-state index contributed by atoms with van der Waals surface area (Å²) in [6, 6.07) is 0.255. The molecule has 0 aromatic heterocycles. The smallest absolute Gasteiger partial charge is 0.240 e. The number of hydrogen-bond acceptors (Lipinski definition) is 2. The zero-order chi connectivity index (χ0) is 10.8. The van der Waals surface area contributed by atoms with Crippen LogP contribution < -0.4 is 11.1 Å². The third-order valence-electron chi connectivity index (χ3n) is 2.80. The lowest BCUT2D eigenvalue weighted by Gasteiger charge is -2.17. The average molecular weight is 198 g/mol. The topological polar surface area (TPSA) is 55.1 Å². The molecule has 1 unspecified atom stereocenters. The highest BCUT2D eigenvalue weighted by Crippen LogP contribution is 2.32. The van der Waals surface area contributed by atoms with Gasteiger partial charge in [-0.3, -0.25) is 4.79 Å². The van der Waals surface area contributed by atoms with Crippen LogP contribution in [0.3, 0.4) is 0 Å². The van der Waals surface area contributed by atoms with E-state index in [0.29, 0.717) is 5.92 Å². The van der Waals surface area contributed by atoms with Crippen molar-refractivity contribution in [1.82, 2.24) is 5.32 Å². The van der Waals surface area contributed by atoms with Crippen molar-refractivity contribution in [3.63, 3.8) is 0 Å². The van der Waals surface area contributed by atoms with E-state index in [4.69, 9.17) is 5.73 Å². The zero-order valence-electron chi connectivity index (χ0n) is 9.47. The molecule has 1 aliphatic carbocycles. The lowest BCUT2D eigenvalue weighted by atomic mass is 10.0. The van der Waals surface area contributed by atoms with Crippen molar-refractivity contribution in [2.75, 3.05) is 0 Å². The Kier molecular flexibility index (Phi) is 3.53. The standard InChI is InChI=1S/C11H22N2O/c1-8(2)4-5-9(3)13-10(14)11(12)6-7-11/h8-9H,4-7,12H2,1-3H3,(H,13,14). The van der Waals surface area contributed by atoms with Gasteiger partial charge in [-0.05, 0) is 38.5 Å². The van der Waals surface area contributed by atoms with Crippen molar-refractivity contribution in [2.24, 2.45) is 11.7 Å². The molecule has 1 amide bonds. The predicted molar refractivity (Wildman–Crippen MR) is 57.8 cm³/mol. The third kappa shape index (κ3) is 3.29. The number of carbonyl (C=O) groups excluding carboxylic acids is 1. The van der Waals surface area contributed by atoms with Gasteiger partial charge in [0.2, 0.25) is 5.91 Å². The summed E-state index contributed by atoms with van der Waals surface area (Å²) < 4.78 is 0. The van der Waals surface area contributed by atoms with Crippen molar-refractivity contribution >= 4 is 5.91 Å². The molecule has 82 valence electrons. The van der Waals surface area contributed by atoms with Gasteiger partial charge >= 0.3 is 0 Å². The van der Waals surface area contributed by atoms with Gasteiger partial charge in [0.05, 0.1) is 5.54 Å². The maximum Gasteiger partial charge on any atom is 0.240 e. The molecule has 0 heterocycles. The first-order valence-electron chi connectivity index (χ1n) is 5.54. The summed E-state index contributed by atoms with van der Waals surface area (Å²) in [5.41, 5.74) is 5.26. The van der Waals surface area contributed by atoms with Crippen LogP contribution >= 0.6 is 0 Å². The summed E-state index contributed by atoms with van der Waals surface area (Å²) in [5.74, 6) is 0.732. The monoisotopic (exact) mass is 198 g/mol. The highest BCUT2D eigenvalue weighted by molar-refractivity contribution is 5.89. The minimum Gasteiger partial charge on any atom is -0.352 e. The molecule has 3 heteroatoms. The summed E-state index contributed by atoms with van der Waals surface area (Å²) in [7, 11) is 0. The van der Waals surface area contributed by atoms with Crippen LogP contribution in [0.25, 0.3) is 0 Å². The van der Waals surface area contributed by atoms with E-state index in [1.807, 2.05) is 6.92 Å². The molecule has 0 radical (unpaired) electrons. The number of nitrogens with two attached hydrogens (primary N) is 1. The van der Waals surface area contributed by atoms with Crippen LogP contribution in [0, 0.1) is 5.92 Å². The van der Waals surface area contributed by atoms with E-state index in [9.17, 15) is 4.79 Å². The van der Waals surface area contributed by atoms with Crippen molar-refractivity contribution in [3.05, 3.63) is 0 Å². The Morgan fingerprint density at radius 1 is 1.36 bits per heavy atom. The van der Waals surface area contributed by atoms with Crippen molar-refractivity contribution < 1.29 is 4.79 Å². The van der Waals surface area contributed by atoms with Gasteiger partial charge in [0, 0.05) is 6.04 Å². The molecule has 1 rings (SSSR count). The molecule has 0 saturated heterocycles. The minimum absolute atomic E-state index is 0.0359. The van der Waals surface area contributed by atoms with Crippen LogP contribution in [0.2, 0.25) is 0 Å². The molecule has 14 heavy (non-hydrogen) atoms. The van der Waals surface area contributed by atoms with Gasteiger partial charge in [0.15, 0.2) is 0 Å². The van der Waals surface area contributed by atoms with E-state index in [-0.39, 0.29) is 11.9 Å². The van der Waals surface area contributed by atoms with Gasteiger partial charge in [-0.1, -0.05) is 13.8 Å². The quantitative estimate of drug-likeness (QED) is 0.702. The van der Waals surface area contributed by atoms with Crippen LogP contribution in [-0.4, -0.2) is 17.5 Å². The van der Waals surface area contributed by atoms with Crippen LogP contribution in [-0.2, 0) is 4.79 Å². The SMILES string of the molecule is CC(C)CCC(C)NC(=O)C1(N)CC1. The number of rotatable bonds is 5. The molecule has 1 aliphatic rings. The average Bonchev–Trinajstić information content (AvgIpc) is 2.81. The maximum atomic E-state index is 11.5. The summed E-state index contributed by atoms with van der Waals surface area (Å²) >= 11 is 0. The van der Waals surface area contributed by atoms with Crippen molar-refractivity contribution in [3.8, 4) is 0 Å².